The number of nitrogens with two attached hydrogens (primary N) is 1. The molecule has 3 aromatic heterocycles. The highest BCUT2D eigenvalue weighted by molar-refractivity contribution is 7.23. The fourth-order valence-corrected chi connectivity index (χ4v) is 6.57. The van der Waals surface area contributed by atoms with E-state index in [1.807, 2.05) is 0 Å². The number of anilines is 2. The zero-order valence-corrected chi connectivity index (χ0v) is 24.9. The molecule has 1 aliphatic heterocycles. The van der Waals surface area contributed by atoms with Crippen LogP contribution >= 0.6 is 11.3 Å². The zero-order chi connectivity index (χ0) is 32.5. The molecule has 5 aromatic rings. The Labute approximate surface area is 256 Å². The summed E-state index contributed by atoms with van der Waals surface area (Å²) in [6.45, 7) is 2.21. The van der Waals surface area contributed by atoms with E-state index in [1.54, 1.807) is 42.7 Å². The number of carbonyl (C=O) groups is 1. The van der Waals surface area contributed by atoms with Crippen LogP contribution in [0.25, 0.3) is 32.1 Å². The first-order valence-corrected chi connectivity index (χ1v) is 14.2. The molecule has 6 rings (SSSR count). The second-order valence-corrected chi connectivity index (χ2v) is 11.6. The molecule has 45 heavy (non-hydrogen) atoms. The second-order valence-electron chi connectivity index (χ2n) is 10.5. The number of benzene rings is 2. The summed E-state index contributed by atoms with van der Waals surface area (Å²) >= 11 is 0.682. The summed E-state index contributed by atoms with van der Waals surface area (Å²) in [6.07, 6.45) is -5.09. The van der Waals surface area contributed by atoms with Crippen molar-refractivity contribution in [3.63, 3.8) is 0 Å². The van der Waals surface area contributed by atoms with Crippen LogP contribution in [0.2, 0.25) is 0 Å². The molecule has 1 unspecified atom stereocenters. The van der Waals surface area contributed by atoms with Gasteiger partial charge in [-0.1, -0.05) is 6.07 Å². The van der Waals surface area contributed by atoms with Gasteiger partial charge in [0.2, 0.25) is 0 Å². The SMILES string of the molecule is COc1nc(N2CCn3nc(C(=O)N(C)C)cc3C2C)c2cc(C(F)(F)F)c(-c3ccc(F)c4sc(N)c(C#N)c34)c(F)c2n1. The molecular formula is C29H23F5N8O2S. The first-order chi connectivity index (χ1) is 21.3. The predicted octanol–water partition coefficient (Wildman–Crippen LogP) is 5.75. The maximum absolute atomic E-state index is 16.7. The van der Waals surface area contributed by atoms with Crippen LogP contribution in [0.5, 0.6) is 6.01 Å². The van der Waals surface area contributed by atoms with Crippen molar-refractivity contribution < 1.29 is 31.5 Å². The van der Waals surface area contributed by atoms with Gasteiger partial charge in [0, 0.05) is 37.0 Å². The fourth-order valence-electron chi connectivity index (χ4n) is 5.62. The number of nitrogen functional groups attached to an aromatic ring is 1. The quantitative estimate of drug-likeness (QED) is 0.246. The largest absolute Gasteiger partial charge is 0.467 e. The van der Waals surface area contributed by atoms with Gasteiger partial charge in [0.15, 0.2) is 11.5 Å². The number of ether oxygens (including phenoxy) is 1. The number of amides is 1. The molecule has 0 saturated heterocycles. The molecule has 0 bridgehead atoms. The predicted molar refractivity (Wildman–Crippen MR) is 157 cm³/mol. The Morgan fingerprint density at radius 1 is 1.20 bits per heavy atom. The van der Waals surface area contributed by atoms with Gasteiger partial charge >= 0.3 is 12.2 Å². The summed E-state index contributed by atoms with van der Waals surface area (Å²) < 4.78 is 82.5. The van der Waals surface area contributed by atoms with Crippen molar-refractivity contribution in [3.05, 3.63) is 58.4 Å². The first-order valence-electron chi connectivity index (χ1n) is 13.4. The number of alkyl halides is 3. The van der Waals surface area contributed by atoms with Gasteiger partial charge in [0.25, 0.3) is 5.91 Å². The number of thiophene rings is 1. The molecule has 0 fully saturated rings. The molecular weight excluding hydrogens is 619 g/mol. The number of methoxy groups -OCH3 is 1. The number of hydrogen-bond acceptors (Lipinski definition) is 9. The van der Waals surface area contributed by atoms with Crippen molar-refractivity contribution in [2.45, 2.75) is 25.7 Å². The van der Waals surface area contributed by atoms with Gasteiger partial charge in [-0.3, -0.25) is 9.48 Å². The standard InChI is InChI=1S/C29H23F5N8O2S/c1-12-19-10-18(27(43)40(2)3)39-42(19)8-7-41(12)26-14-9-16(29(32,33)34)21(22(31)23(14)37-28(38-26)44-4)13-5-6-17(30)24-20(13)15(11-35)25(36)45-24/h5-6,9-10,12H,7-8,36H2,1-4H3. The Morgan fingerprint density at radius 2 is 1.93 bits per heavy atom. The summed E-state index contributed by atoms with van der Waals surface area (Å²) in [5, 5.41) is 13.5. The first kappa shape index (κ1) is 30.0. The average Bonchev–Trinajstić information content (AvgIpc) is 3.58. The molecule has 4 heterocycles. The molecule has 232 valence electrons. The normalized spacial score (nSPS) is 14.9. The summed E-state index contributed by atoms with van der Waals surface area (Å²) in [7, 11) is 4.41. The van der Waals surface area contributed by atoms with E-state index in [-0.39, 0.29) is 68.1 Å². The van der Waals surface area contributed by atoms with Crippen molar-refractivity contribution >= 4 is 49.1 Å². The number of fused-ring (bicyclic) bond motifs is 3. The molecule has 10 nitrogen and oxygen atoms in total. The van der Waals surface area contributed by atoms with Gasteiger partial charge in [0.1, 0.15) is 28.2 Å². The third-order valence-electron chi connectivity index (χ3n) is 7.73. The number of nitriles is 1. The lowest BCUT2D eigenvalue weighted by molar-refractivity contribution is -0.137. The Morgan fingerprint density at radius 3 is 2.58 bits per heavy atom. The molecule has 2 aromatic carbocycles. The lowest BCUT2D eigenvalue weighted by Gasteiger charge is -2.35. The Balaban J connectivity index is 1.62. The van der Waals surface area contributed by atoms with Crippen molar-refractivity contribution in [1.29, 1.82) is 5.26 Å². The van der Waals surface area contributed by atoms with Crippen molar-refractivity contribution in [2.75, 3.05) is 38.4 Å². The highest BCUT2D eigenvalue weighted by Crippen LogP contribution is 2.48. The number of nitrogens with zero attached hydrogens (tertiary/aromatic N) is 7. The van der Waals surface area contributed by atoms with Crippen LogP contribution in [-0.4, -0.2) is 58.3 Å². The Hall–Kier alpha value is -5.04. The third-order valence-corrected chi connectivity index (χ3v) is 8.76. The molecule has 0 spiro atoms. The topological polar surface area (TPSA) is 126 Å². The van der Waals surface area contributed by atoms with Crippen molar-refractivity contribution in [3.8, 4) is 23.2 Å². The van der Waals surface area contributed by atoms with Crippen LogP contribution in [0, 0.1) is 23.0 Å². The van der Waals surface area contributed by atoms with E-state index in [4.69, 9.17) is 10.5 Å². The van der Waals surface area contributed by atoms with E-state index >= 15 is 4.39 Å². The number of halogens is 5. The van der Waals surface area contributed by atoms with Crippen molar-refractivity contribution in [1.82, 2.24) is 24.6 Å². The van der Waals surface area contributed by atoms with Crippen LogP contribution in [0.3, 0.4) is 0 Å². The number of carbonyl (C=O) groups excluding carboxylic acids is 1. The average molecular weight is 643 g/mol. The third kappa shape index (κ3) is 4.65. The van der Waals surface area contributed by atoms with Crippen molar-refractivity contribution in [2.24, 2.45) is 0 Å². The maximum atomic E-state index is 16.7. The molecule has 16 heteroatoms. The highest BCUT2D eigenvalue weighted by atomic mass is 32.1. The van der Waals surface area contributed by atoms with Crippen LogP contribution in [-0.2, 0) is 12.7 Å². The minimum absolute atomic E-state index is 0.0324. The van der Waals surface area contributed by atoms with E-state index in [0.29, 0.717) is 17.0 Å². The smallest absolute Gasteiger partial charge is 0.417 e. The van der Waals surface area contributed by atoms with E-state index in [9.17, 15) is 27.6 Å². The molecule has 0 saturated carbocycles. The lowest BCUT2D eigenvalue weighted by Crippen LogP contribution is -2.37. The molecule has 1 aliphatic rings. The summed E-state index contributed by atoms with van der Waals surface area (Å²) in [5.41, 5.74) is 3.29. The lowest BCUT2D eigenvalue weighted by atomic mass is 9.92. The number of hydrogen-bond donors (Lipinski definition) is 1. The van der Waals surface area contributed by atoms with Crippen LogP contribution in [0.15, 0.2) is 24.3 Å². The zero-order valence-electron chi connectivity index (χ0n) is 24.1. The van der Waals surface area contributed by atoms with Crippen LogP contribution in [0.1, 0.15) is 40.3 Å². The second kappa shape index (κ2) is 10.5. The monoisotopic (exact) mass is 642 g/mol. The maximum Gasteiger partial charge on any atom is 0.417 e. The fraction of sp³-hybridized carbons (Fsp3) is 0.276. The van der Waals surface area contributed by atoms with Gasteiger partial charge in [-0.25, -0.2) is 8.78 Å². The van der Waals surface area contributed by atoms with Crippen LogP contribution in [0.4, 0.5) is 32.8 Å². The Kier molecular flexibility index (Phi) is 7.03. The number of aromatic nitrogens is 4. The van der Waals surface area contributed by atoms with Gasteiger partial charge < -0.3 is 20.3 Å². The molecule has 1 atom stereocenters. The summed E-state index contributed by atoms with van der Waals surface area (Å²) in [4.78, 5) is 24.0. The molecule has 0 aliphatic carbocycles. The van der Waals surface area contributed by atoms with E-state index in [1.165, 1.54) is 12.0 Å². The number of rotatable bonds is 4. The summed E-state index contributed by atoms with van der Waals surface area (Å²) in [6, 6.07) is 5.17. The minimum Gasteiger partial charge on any atom is -0.467 e. The van der Waals surface area contributed by atoms with E-state index in [0.717, 1.165) is 18.2 Å². The van der Waals surface area contributed by atoms with Gasteiger partial charge in [-0.15, -0.1) is 11.3 Å². The van der Waals surface area contributed by atoms with Gasteiger partial charge in [0.05, 0.1) is 41.2 Å². The van der Waals surface area contributed by atoms with Crippen LogP contribution < -0.4 is 15.4 Å². The van der Waals surface area contributed by atoms with E-state index < -0.39 is 40.5 Å². The van der Waals surface area contributed by atoms with Gasteiger partial charge in [-0.05, 0) is 30.7 Å². The molecule has 2 N–H and O–H groups in total. The van der Waals surface area contributed by atoms with Gasteiger partial charge in [-0.2, -0.15) is 33.5 Å². The summed E-state index contributed by atoms with van der Waals surface area (Å²) in [5.74, 6) is -2.54. The molecule has 0 radical (unpaired) electrons. The van der Waals surface area contributed by atoms with E-state index in [2.05, 4.69) is 15.1 Å². The Bertz CT molecular complexity index is 2080. The molecule has 1 amide bonds. The minimum atomic E-state index is -5.09. The highest BCUT2D eigenvalue weighted by Gasteiger charge is 2.39.